The van der Waals surface area contributed by atoms with Crippen molar-refractivity contribution in [3.63, 3.8) is 0 Å². The van der Waals surface area contributed by atoms with Crippen LogP contribution in [0, 0.1) is 0 Å². The Balaban J connectivity index is 0. The van der Waals surface area contributed by atoms with E-state index in [9.17, 15) is 0 Å². The van der Waals surface area contributed by atoms with Crippen LogP contribution in [0.15, 0.2) is 0 Å². The summed E-state index contributed by atoms with van der Waals surface area (Å²) in [6.07, 6.45) is 0. The molecule has 0 N–H and O–H groups in total. The van der Waals surface area contributed by atoms with Crippen LogP contribution in [0.25, 0.3) is 0 Å². The summed E-state index contributed by atoms with van der Waals surface area (Å²) >= 11 is 0. The molecule has 0 saturated carbocycles. The molecule has 0 fully saturated rings. The molecule has 0 aromatic rings. The molecule has 0 bridgehead atoms. The van der Waals surface area contributed by atoms with E-state index in [0.717, 1.165) is 0 Å². The Morgan fingerprint density at radius 2 is 0.800 bits per heavy atom. The predicted octanol–water partition coefficient (Wildman–Crippen LogP) is -1.99. The zero-order valence-corrected chi connectivity index (χ0v) is 15.2. The van der Waals surface area contributed by atoms with Gasteiger partial charge in [0, 0.05) is 17.1 Å². The van der Waals surface area contributed by atoms with Gasteiger partial charge in [-0.3, -0.25) is 0 Å². The molecule has 0 nitrogen and oxygen atoms in total. The summed E-state index contributed by atoms with van der Waals surface area (Å²) in [4.78, 5) is 0. The van der Waals surface area contributed by atoms with Gasteiger partial charge in [-0.2, -0.15) is 19.8 Å². The van der Waals surface area contributed by atoms with Gasteiger partial charge in [-0.15, -0.1) is 0 Å². The van der Waals surface area contributed by atoms with Gasteiger partial charge in [0.1, 0.15) is 0 Å². The van der Waals surface area contributed by atoms with Crippen molar-refractivity contribution in [3.05, 3.63) is 0 Å². The molecule has 0 amide bonds. The minimum atomic E-state index is 0. The fraction of sp³-hybridized carbons (Fsp3) is 0. The summed E-state index contributed by atoms with van der Waals surface area (Å²) in [6.45, 7) is 0. The summed E-state index contributed by atoms with van der Waals surface area (Å²) < 4.78 is 0. The van der Waals surface area contributed by atoms with E-state index in [1.165, 1.54) is 0 Å². The van der Waals surface area contributed by atoms with Crippen LogP contribution in [-0.4, -0.2) is 48.3 Å². The van der Waals surface area contributed by atoms with Crippen molar-refractivity contribution in [1.29, 1.82) is 0 Å². The van der Waals surface area contributed by atoms with Crippen LogP contribution >= 0.6 is 19.8 Å². The number of hydrogen-bond acceptors (Lipinski definition) is 0. The van der Waals surface area contributed by atoms with Crippen LogP contribution in [0.5, 0.6) is 0 Å². The second-order valence-electron chi connectivity index (χ2n) is 0. The second-order valence-corrected chi connectivity index (χ2v) is 0. The van der Waals surface area contributed by atoms with Crippen molar-refractivity contribution in [1.82, 2.24) is 0 Å². The third-order valence-electron chi connectivity index (χ3n) is 0. The molecule has 2 atom stereocenters. The normalized spacial score (nSPS) is 0. The quantitative estimate of drug-likeness (QED) is 0.343. The maximum absolute atomic E-state index is 0. The van der Waals surface area contributed by atoms with Gasteiger partial charge in [-0.25, -0.2) is 0 Å². The van der Waals surface area contributed by atoms with E-state index < -0.39 is 0 Å². The van der Waals surface area contributed by atoms with Gasteiger partial charge in [0.15, 0.2) is 0 Å². The molecule has 0 aliphatic carbocycles. The van der Waals surface area contributed by atoms with Gasteiger partial charge in [0.05, 0.1) is 0 Å². The van der Waals surface area contributed by atoms with Gasteiger partial charge in [-0.05, 0) is 0 Å². The monoisotopic (exact) mass is 370 g/mol. The molecule has 0 saturated heterocycles. The molecule has 0 aliphatic rings. The Hall–Kier alpha value is 3.00. The van der Waals surface area contributed by atoms with Crippen molar-refractivity contribution >= 4 is 68.1 Å². The molecule has 38 valence electrons. The molecule has 2 unspecified atom stereocenters. The Bertz CT molecular complexity index is 9.61. The summed E-state index contributed by atoms with van der Waals surface area (Å²) in [6, 6.07) is 0. The topological polar surface area (TPSA) is 0 Å². The Morgan fingerprint density at radius 1 is 0.800 bits per heavy atom. The van der Waals surface area contributed by atoms with Crippen molar-refractivity contribution in [3.8, 4) is 0 Å². The zero-order valence-electron chi connectivity index (χ0n) is 3.18. The molecule has 0 rings (SSSR count). The van der Waals surface area contributed by atoms with Crippen LogP contribution in [0.4, 0.5) is 0 Å². The van der Waals surface area contributed by atoms with Gasteiger partial charge >= 0.3 is 48.3 Å². The fourth-order valence-electron chi connectivity index (χ4n) is 0. The Morgan fingerprint density at radius 3 is 0.800 bits per heavy atom. The molecule has 0 aliphatic heterocycles. The van der Waals surface area contributed by atoms with Crippen molar-refractivity contribution in [2.24, 2.45) is 0 Å². The van der Waals surface area contributed by atoms with Crippen LogP contribution in [0.2, 0.25) is 0 Å². The van der Waals surface area contributed by atoms with Crippen LogP contribution in [0.1, 0.15) is 0 Å². The minimum absolute atomic E-state index is 0. The van der Waals surface area contributed by atoms with E-state index in [4.69, 9.17) is 0 Å². The van der Waals surface area contributed by atoms with Gasteiger partial charge < -0.3 is 0 Å². The average Bonchev–Trinajstić information content (AvgIpc) is 0. The molecule has 0 heterocycles. The summed E-state index contributed by atoms with van der Waals surface area (Å²) in [7, 11) is 0. The van der Waals surface area contributed by atoms with Crippen LogP contribution in [-0.2, 0) is 17.1 Å². The molecular formula is H11FeP2SbSn. The zero-order chi connectivity index (χ0) is 0. The van der Waals surface area contributed by atoms with Gasteiger partial charge in [-0.1, -0.05) is 0 Å². The van der Waals surface area contributed by atoms with E-state index in [-0.39, 0.29) is 85.2 Å². The first-order valence-electron chi connectivity index (χ1n) is 0. The third-order valence-corrected chi connectivity index (χ3v) is 0. The van der Waals surface area contributed by atoms with Crippen molar-refractivity contribution in [2.75, 3.05) is 0 Å². The molecular weight excluding hydrogens is 358 g/mol. The predicted molar refractivity (Wildman–Crippen MR) is 40.7 cm³/mol. The molecule has 0 aromatic carbocycles. The van der Waals surface area contributed by atoms with Crippen LogP contribution in [0.3, 0.4) is 0 Å². The molecule has 0 spiro atoms. The van der Waals surface area contributed by atoms with Gasteiger partial charge in [0.2, 0.25) is 0 Å². The first-order chi connectivity index (χ1) is 0. The fourth-order valence-corrected chi connectivity index (χ4v) is 0. The Labute approximate surface area is 84.1 Å². The first kappa shape index (κ1) is 43.6. The van der Waals surface area contributed by atoms with Crippen LogP contribution < -0.4 is 0 Å². The van der Waals surface area contributed by atoms with E-state index in [0.29, 0.717) is 0 Å². The molecule has 2 radical (unpaired) electrons. The first-order valence-corrected chi connectivity index (χ1v) is 0. The summed E-state index contributed by atoms with van der Waals surface area (Å²) in [5, 5.41) is 0. The van der Waals surface area contributed by atoms with E-state index in [1.807, 2.05) is 0 Å². The van der Waals surface area contributed by atoms with E-state index >= 15 is 0 Å². The van der Waals surface area contributed by atoms with E-state index in [2.05, 4.69) is 0 Å². The standard InChI is InChI=1S/Fe.2H3P.Sb.Sn.5H/h;2*1H3;;;;;;;. The average molecular weight is 369 g/mol. The molecule has 5 heavy (non-hydrogen) atoms. The molecule has 5 heteroatoms. The maximum atomic E-state index is 0. The number of hydrogen-bond donors (Lipinski definition) is 0. The Kier molecular flexibility index (Phi) is 244. The summed E-state index contributed by atoms with van der Waals surface area (Å²) in [5.74, 6) is 0. The molecule has 0 aromatic heterocycles. The second kappa shape index (κ2) is 28.0. The van der Waals surface area contributed by atoms with Crippen molar-refractivity contribution in [2.45, 2.75) is 0 Å². The SMILES string of the molecule is P.P.[Fe].[SbH3].[SnH2]. The van der Waals surface area contributed by atoms with E-state index in [1.54, 1.807) is 0 Å². The number of rotatable bonds is 0. The van der Waals surface area contributed by atoms with Gasteiger partial charge in [0.25, 0.3) is 0 Å². The third kappa shape index (κ3) is 19.5. The summed E-state index contributed by atoms with van der Waals surface area (Å²) in [5.41, 5.74) is 0. The van der Waals surface area contributed by atoms with Crippen molar-refractivity contribution < 1.29 is 17.1 Å².